The van der Waals surface area contributed by atoms with Crippen LogP contribution in [0.2, 0.25) is 0 Å². The highest BCUT2D eigenvalue weighted by atomic mass is 19.3. The first-order chi connectivity index (χ1) is 7.96. The van der Waals surface area contributed by atoms with Gasteiger partial charge in [-0.25, -0.2) is 8.78 Å². The standard InChI is InChI=1S/C11H16F2N2O2/c1-7-9(16)14-11(4-2-3-5-11)10(17)15(7)6-8(12)13/h7-8H,2-6H2,1H3,(H,14,16). The molecule has 96 valence electrons. The lowest BCUT2D eigenvalue weighted by Crippen LogP contribution is -2.69. The molecule has 2 fully saturated rings. The third-order valence-corrected chi connectivity index (χ3v) is 3.67. The van der Waals surface area contributed by atoms with Gasteiger partial charge in [-0.3, -0.25) is 9.59 Å². The van der Waals surface area contributed by atoms with Crippen molar-refractivity contribution in [3.63, 3.8) is 0 Å². The molecule has 1 saturated heterocycles. The number of carbonyl (C=O) groups excluding carboxylic acids is 2. The lowest BCUT2D eigenvalue weighted by molar-refractivity contribution is -0.156. The van der Waals surface area contributed by atoms with E-state index in [1.54, 1.807) is 0 Å². The van der Waals surface area contributed by atoms with Gasteiger partial charge >= 0.3 is 0 Å². The number of carbonyl (C=O) groups is 2. The predicted octanol–water partition coefficient (Wildman–Crippen LogP) is 0.911. The van der Waals surface area contributed by atoms with Crippen molar-refractivity contribution in [2.75, 3.05) is 6.54 Å². The molecule has 2 rings (SSSR count). The van der Waals surface area contributed by atoms with Gasteiger partial charge in [-0.15, -0.1) is 0 Å². The molecule has 0 aromatic carbocycles. The van der Waals surface area contributed by atoms with Crippen LogP contribution in [0.25, 0.3) is 0 Å². The van der Waals surface area contributed by atoms with E-state index in [0.29, 0.717) is 12.8 Å². The molecule has 2 amide bonds. The highest BCUT2D eigenvalue weighted by Gasteiger charge is 2.51. The Bertz CT molecular complexity index is 340. The van der Waals surface area contributed by atoms with E-state index >= 15 is 0 Å². The normalized spacial score (nSPS) is 28.0. The van der Waals surface area contributed by atoms with Crippen molar-refractivity contribution in [3.8, 4) is 0 Å². The summed E-state index contributed by atoms with van der Waals surface area (Å²) >= 11 is 0. The third kappa shape index (κ3) is 2.00. The van der Waals surface area contributed by atoms with Gasteiger partial charge in [-0.05, 0) is 19.8 Å². The minimum Gasteiger partial charge on any atom is -0.340 e. The Hall–Kier alpha value is -1.20. The third-order valence-electron chi connectivity index (χ3n) is 3.67. The molecule has 0 aromatic heterocycles. The second kappa shape index (κ2) is 4.23. The van der Waals surface area contributed by atoms with Gasteiger partial charge in [0.15, 0.2) is 0 Å². The van der Waals surface area contributed by atoms with E-state index in [2.05, 4.69) is 5.32 Å². The van der Waals surface area contributed by atoms with Gasteiger partial charge in [0.25, 0.3) is 6.43 Å². The quantitative estimate of drug-likeness (QED) is 0.787. The van der Waals surface area contributed by atoms with E-state index in [0.717, 1.165) is 17.7 Å². The summed E-state index contributed by atoms with van der Waals surface area (Å²) in [5, 5.41) is 2.72. The van der Waals surface area contributed by atoms with Crippen LogP contribution in [0, 0.1) is 0 Å². The van der Waals surface area contributed by atoms with Gasteiger partial charge in [0, 0.05) is 0 Å². The van der Waals surface area contributed by atoms with E-state index in [1.165, 1.54) is 6.92 Å². The maximum absolute atomic E-state index is 12.4. The van der Waals surface area contributed by atoms with Crippen LogP contribution in [0.1, 0.15) is 32.6 Å². The number of hydrogen-bond donors (Lipinski definition) is 1. The summed E-state index contributed by atoms with van der Waals surface area (Å²) < 4.78 is 24.9. The summed E-state index contributed by atoms with van der Waals surface area (Å²) in [6.07, 6.45) is 0.214. The van der Waals surface area contributed by atoms with Crippen LogP contribution in [-0.4, -0.2) is 41.3 Å². The van der Waals surface area contributed by atoms with Crippen molar-refractivity contribution < 1.29 is 18.4 Å². The average Bonchev–Trinajstić information content (AvgIpc) is 2.71. The number of nitrogens with zero attached hydrogens (tertiary/aromatic N) is 1. The molecule has 17 heavy (non-hydrogen) atoms. The van der Waals surface area contributed by atoms with Crippen molar-refractivity contribution in [1.29, 1.82) is 0 Å². The lowest BCUT2D eigenvalue weighted by Gasteiger charge is -2.43. The molecule has 1 aliphatic carbocycles. The summed E-state index contributed by atoms with van der Waals surface area (Å²) in [5.41, 5.74) is -0.904. The first-order valence-electron chi connectivity index (χ1n) is 5.87. The van der Waals surface area contributed by atoms with E-state index in [-0.39, 0.29) is 11.8 Å². The van der Waals surface area contributed by atoms with Crippen LogP contribution < -0.4 is 5.32 Å². The molecule has 1 heterocycles. The maximum Gasteiger partial charge on any atom is 0.255 e. The molecule has 0 bridgehead atoms. The van der Waals surface area contributed by atoms with Crippen molar-refractivity contribution in [2.24, 2.45) is 0 Å². The van der Waals surface area contributed by atoms with Crippen LogP contribution in [0.3, 0.4) is 0 Å². The fraction of sp³-hybridized carbons (Fsp3) is 0.818. The molecule has 4 nitrogen and oxygen atoms in total. The number of nitrogens with one attached hydrogen (secondary N) is 1. The zero-order valence-electron chi connectivity index (χ0n) is 9.71. The Balaban J connectivity index is 2.24. The monoisotopic (exact) mass is 246 g/mol. The van der Waals surface area contributed by atoms with Crippen LogP contribution >= 0.6 is 0 Å². The minimum absolute atomic E-state index is 0.327. The fourth-order valence-corrected chi connectivity index (χ4v) is 2.69. The van der Waals surface area contributed by atoms with Crippen LogP contribution in [0.15, 0.2) is 0 Å². The highest BCUT2D eigenvalue weighted by molar-refractivity contribution is 5.99. The number of amides is 2. The Morgan fingerprint density at radius 3 is 2.53 bits per heavy atom. The Labute approximate surface area is 98.3 Å². The lowest BCUT2D eigenvalue weighted by atomic mass is 9.91. The first kappa shape index (κ1) is 12.3. The Kier molecular flexibility index (Phi) is 3.05. The number of alkyl halides is 2. The van der Waals surface area contributed by atoms with Gasteiger partial charge in [0.1, 0.15) is 11.6 Å². The molecule has 2 aliphatic rings. The summed E-state index contributed by atoms with van der Waals surface area (Å²) in [7, 11) is 0. The highest BCUT2D eigenvalue weighted by Crippen LogP contribution is 2.34. The maximum atomic E-state index is 12.4. The predicted molar refractivity (Wildman–Crippen MR) is 56.5 cm³/mol. The van der Waals surface area contributed by atoms with Crippen molar-refractivity contribution in [2.45, 2.75) is 50.6 Å². The van der Waals surface area contributed by atoms with E-state index in [9.17, 15) is 18.4 Å². The smallest absolute Gasteiger partial charge is 0.255 e. The Morgan fingerprint density at radius 1 is 1.41 bits per heavy atom. The summed E-state index contributed by atoms with van der Waals surface area (Å²) in [4.78, 5) is 25.0. The number of hydrogen-bond acceptors (Lipinski definition) is 2. The second-order valence-electron chi connectivity index (χ2n) is 4.80. The topological polar surface area (TPSA) is 49.4 Å². The molecule has 1 atom stereocenters. The molecule has 1 aliphatic heterocycles. The van der Waals surface area contributed by atoms with Gasteiger partial charge in [0.05, 0.1) is 6.54 Å². The molecule has 0 aromatic rings. The Morgan fingerprint density at radius 2 is 2.00 bits per heavy atom. The van der Waals surface area contributed by atoms with Crippen LogP contribution in [0.4, 0.5) is 8.78 Å². The second-order valence-corrected chi connectivity index (χ2v) is 4.80. The first-order valence-corrected chi connectivity index (χ1v) is 5.87. The molecule has 1 N–H and O–H groups in total. The molecule has 1 saturated carbocycles. The van der Waals surface area contributed by atoms with Crippen molar-refractivity contribution >= 4 is 11.8 Å². The van der Waals surface area contributed by atoms with Crippen LogP contribution in [-0.2, 0) is 9.59 Å². The van der Waals surface area contributed by atoms with Gasteiger partial charge < -0.3 is 10.2 Å². The zero-order valence-corrected chi connectivity index (χ0v) is 9.71. The summed E-state index contributed by atoms with van der Waals surface area (Å²) in [6.45, 7) is 0.826. The van der Waals surface area contributed by atoms with Gasteiger partial charge in [-0.1, -0.05) is 12.8 Å². The fourth-order valence-electron chi connectivity index (χ4n) is 2.69. The molecule has 1 unspecified atom stereocenters. The van der Waals surface area contributed by atoms with Crippen LogP contribution in [0.5, 0.6) is 0 Å². The summed E-state index contributed by atoms with van der Waals surface area (Å²) in [5.74, 6) is -0.672. The summed E-state index contributed by atoms with van der Waals surface area (Å²) in [6, 6.07) is -0.803. The van der Waals surface area contributed by atoms with Gasteiger partial charge in [-0.2, -0.15) is 0 Å². The zero-order chi connectivity index (χ0) is 12.6. The average molecular weight is 246 g/mol. The molecular weight excluding hydrogens is 230 g/mol. The molecule has 0 radical (unpaired) electrons. The molecule has 1 spiro atoms. The number of piperazine rings is 1. The van der Waals surface area contributed by atoms with Gasteiger partial charge in [0.2, 0.25) is 11.8 Å². The van der Waals surface area contributed by atoms with Crippen molar-refractivity contribution in [3.05, 3.63) is 0 Å². The number of rotatable bonds is 2. The number of halogens is 2. The molecular formula is C11H16F2N2O2. The van der Waals surface area contributed by atoms with E-state index in [4.69, 9.17) is 0 Å². The largest absolute Gasteiger partial charge is 0.340 e. The SMILES string of the molecule is CC1C(=O)NC2(CCCC2)C(=O)N1CC(F)F. The van der Waals surface area contributed by atoms with Crippen molar-refractivity contribution in [1.82, 2.24) is 10.2 Å². The van der Waals surface area contributed by atoms with E-state index in [1.807, 2.05) is 0 Å². The minimum atomic E-state index is -2.61. The molecule has 6 heteroatoms. The van der Waals surface area contributed by atoms with E-state index < -0.39 is 24.6 Å².